The zero-order valence-corrected chi connectivity index (χ0v) is 40.9. The highest BCUT2D eigenvalue weighted by molar-refractivity contribution is 7.94. The second-order valence-corrected chi connectivity index (χ2v) is 17.5. The van der Waals surface area contributed by atoms with E-state index in [1.807, 2.05) is 18.4 Å². The molecule has 0 fully saturated rings. The predicted molar refractivity (Wildman–Crippen MR) is 259 cm³/mol. The number of nitro groups is 2. The Bertz CT molecular complexity index is 2850. The first-order valence-electron chi connectivity index (χ1n) is 22.5. The topological polar surface area (TPSA) is 287 Å². The van der Waals surface area contributed by atoms with Crippen LogP contribution in [-0.2, 0) is 33.9 Å². The molecular formula is C49H51FN5O17S+. The van der Waals surface area contributed by atoms with Gasteiger partial charge in [0.2, 0.25) is 23.3 Å². The van der Waals surface area contributed by atoms with E-state index in [1.165, 1.54) is 51.5 Å². The molecule has 2 aliphatic rings. The van der Waals surface area contributed by atoms with Gasteiger partial charge in [-0.2, -0.15) is 4.58 Å². The van der Waals surface area contributed by atoms with Gasteiger partial charge in [-0.1, -0.05) is 17.2 Å². The number of Topliss-reactive ketones (excluding diaryl/α,β-unsaturated/α-hetero) is 1. The van der Waals surface area contributed by atoms with Gasteiger partial charge in [-0.3, -0.25) is 34.6 Å². The van der Waals surface area contributed by atoms with Gasteiger partial charge in [-0.25, -0.2) is 14.4 Å². The van der Waals surface area contributed by atoms with Crippen LogP contribution in [0.1, 0.15) is 69.2 Å². The van der Waals surface area contributed by atoms with Crippen LogP contribution in [0.15, 0.2) is 96.3 Å². The van der Waals surface area contributed by atoms with E-state index in [0.29, 0.717) is 60.4 Å². The standard InChI is InChI=1S/C49H50FN5O17S/c1-28(69-48(60)70-33-17-13-31(14-18-33)54(61)62)34-24-40(67-5)41(26-39(34)55(63)64)68-22-20-51-47(59)37(27-73-72-71-65)52-43(56)9-7-6-8-21-53-38-19-12-30(50)23-36(38)49(2,3)42(53)25-35-45(57)44(46(35)58)29-10-15-32(66-4)16-11-29/h10-19,23-26,28,37H,6-9,20-22,27H2,1-5H3,(H3-,51,52,56,57,58,59,65)/p+1. The van der Waals surface area contributed by atoms with Crippen molar-refractivity contribution in [3.63, 3.8) is 0 Å². The molecule has 0 aromatic heterocycles. The molecule has 4 N–H and O–H groups in total. The highest BCUT2D eigenvalue weighted by Gasteiger charge is 2.47. The van der Waals surface area contributed by atoms with Crippen molar-refractivity contribution in [3.05, 3.63) is 139 Å². The third kappa shape index (κ3) is 13.1. The van der Waals surface area contributed by atoms with Crippen LogP contribution in [0, 0.1) is 26.0 Å². The zero-order valence-electron chi connectivity index (χ0n) is 40.0. The van der Waals surface area contributed by atoms with Crippen molar-refractivity contribution in [2.24, 2.45) is 0 Å². The van der Waals surface area contributed by atoms with Crippen molar-refractivity contribution in [2.75, 3.05) is 39.7 Å². The Balaban J connectivity index is 1.02. The van der Waals surface area contributed by atoms with Crippen LogP contribution in [0.3, 0.4) is 0 Å². The molecule has 0 radical (unpaired) electrons. The number of methoxy groups -OCH3 is 2. The van der Waals surface area contributed by atoms with Gasteiger partial charge >= 0.3 is 6.16 Å². The van der Waals surface area contributed by atoms with Crippen molar-refractivity contribution in [3.8, 4) is 23.0 Å². The van der Waals surface area contributed by atoms with Gasteiger partial charge in [0.25, 0.3) is 11.4 Å². The summed E-state index contributed by atoms with van der Waals surface area (Å²) in [4.78, 5) is 74.0. The summed E-state index contributed by atoms with van der Waals surface area (Å²) in [7, 11) is 2.79. The maximum Gasteiger partial charge on any atom is 0.514 e. The van der Waals surface area contributed by atoms with Crippen LogP contribution >= 0.6 is 12.0 Å². The Morgan fingerprint density at radius 1 is 0.918 bits per heavy atom. The first-order valence-corrected chi connectivity index (χ1v) is 23.4. The Labute approximate surface area is 420 Å². The van der Waals surface area contributed by atoms with E-state index < -0.39 is 56.9 Å². The number of ketones is 1. The minimum absolute atomic E-state index is 0.0110. The number of aliphatic hydroxyl groups is 1. The average molecular weight is 1030 g/mol. The molecule has 2 unspecified atom stereocenters. The second-order valence-electron chi connectivity index (χ2n) is 16.8. The number of carbonyl (C=O) groups is 4. The fourth-order valence-electron chi connectivity index (χ4n) is 8.11. The SMILES string of the molecule is COc1ccc(C2=C(O)/C(=C/C3=[N+](CCCCCC(=O)NC(CSOOO)C(=O)NCCOc4cc([N+](=O)[O-])c(C(C)OC(=O)Oc5ccc([N+](=O)[O-])cc5)cc4OC)c4ccc(F)cc4C3(C)C)C2=O)cc1. The molecule has 4 aromatic rings. The minimum Gasteiger partial charge on any atom is -0.506 e. The van der Waals surface area contributed by atoms with Crippen LogP contribution in [0.2, 0.25) is 0 Å². The summed E-state index contributed by atoms with van der Waals surface area (Å²) in [6, 6.07) is 16.9. The molecule has 4 aromatic carbocycles. The molecule has 24 heteroatoms. The van der Waals surface area contributed by atoms with E-state index in [4.69, 9.17) is 28.9 Å². The summed E-state index contributed by atoms with van der Waals surface area (Å²) in [6.45, 7) is 5.20. The number of benzene rings is 4. The van der Waals surface area contributed by atoms with E-state index in [1.54, 1.807) is 36.4 Å². The molecule has 2 atom stereocenters. The van der Waals surface area contributed by atoms with E-state index in [0.717, 1.165) is 23.9 Å². The number of hydrogen-bond donors (Lipinski definition) is 4. The maximum absolute atomic E-state index is 14.6. The van der Waals surface area contributed by atoms with Crippen molar-refractivity contribution in [1.82, 2.24) is 10.6 Å². The molecule has 1 aliphatic heterocycles. The minimum atomic E-state index is -1.25. The number of carbonyl (C=O) groups excluding carboxylic acids is 4. The van der Waals surface area contributed by atoms with Gasteiger partial charge in [0.05, 0.1) is 64.6 Å². The van der Waals surface area contributed by atoms with Gasteiger partial charge in [0, 0.05) is 54.7 Å². The Kier molecular flexibility index (Phi) is 18.2. The number of hydrogen-bond acceptors (Lipinski definition) is 18. The van der Waals surface area contributed by atoms with Crippen molar-refractivity contribution >= 4 is 64.1 Å². The summed E-state index contributed by atoms with van der Waals surface area (Å²) in [6.07, 6.45) is 0.685. The number of rotatable bonds is 25. The zero-order chi connectivity index (χ0) is 53.0. The highest BCUT2D eigenvalue weighted by Crippen LogP contribution is 2.44. The number of nitrogens with one attached hydrogen (secondary N) is 2. The number of nitrogens with zero attached hydrogens (tertiary/aromatic N) is 3. The fraction of sp³-hybridized carbons (Fsp3) is 0.327. The van der Waals surface area contributed by atoms with E-state index in [9.17, 15) is 48.9 Å². The molecule has 2 amide bonds. The van der Waals surface area contributed by atoms with Crippen LogP contribution in [0.5, 0.6) is 23.0 Å². The third-order valence-electron chi connectivity index (χ3n) is 11.9. The number of amides is 2. The van der Waals surface area contributed by atoms with Crippen molar-refractivity contribution < 1.29 is 81.4 Å². The number of non-ortho nitro benzene ring substituents is 1. The second kappa shape index (κ2) is 24.5. The van der Waals surface area contributed by atoms with Gasteiger partial charge in [0.15, 0.2) is 17.2 Å². The summed E-state index contributed by atoms with van der Waals surface area (Å²) in [5.41, 5.74) is 1.40. The number of fused-ring (bicyclic) bond motifs is 1. The summed E-state index contributed by atoms with van der Waals surface area (Å²) < 4.78 is 47.6. The number of ether oxygens (including phenoxy) is 5. The Hall–Kier alpha value is -7.93. The van der Waals surface area contributed by atoms with Crippen molar-refractivity contribution in [1.29, 1.82) is 0 Å². The lowest BCUT2D eigenvalue weighted by molar-refractivity contribution is -0.438. The number of halogens is 1. The lowest BCUT2D eigenvalue weighted by atomic mass is 9.77. The summed E-state index contributed by atoms with van der Waals surface area (Å²) in [5.74, 6) is -1.81. The Morgan fingerprint density at radius 2 is 1.63 bits per heavy atom. The molecule has 73 heavy (non-hydrogen) atoms. The first kappa shape index (κ1) is 54.4. The largest absolute Gasteiger partial charge is 0.514 e. The molecule has 386 valence electrons. The number of aliphatic hydroxyl groups excluding tert-OH is 1. The normalized spacial score (nSPS) is 14.9. The molecule has 0 saturated heterocycles. The molecule has 6 rings (SSSR count). The molecule has 0 spiro atoms. The average Bonchev–Trinajstić information content (AvgIpc) is 3.57. The van der Waals surface area contributed by atoms with E-state index >= 15 is 0 Å². The lowest BCUT2D eigenvalue weighted by Crippen LogP contribution is -2.49. The monoisotopic (exact) mass is 1030 g/mol. The fourth-order valence-corrected chi connectivity index (χ4v) is 8.58. The molecule has 1 aliphatic carbocycles. The number of nitro benzene ring substituents is 2. The van der Waals surface area contributed by atoms with E-state index in [2.05, 4.69) is 20.0 Å². The lowest BCUT2D eigenvalue weighted by Gasteiger charge is -2.23. The van der Waals surface area contributed by atoms with Gasteiger partial charge in [-0.15, -0.1) is 4.33 Å². The molecule has 0 saturated carbocycles. The predicted octanol–water partition coefficient (Wildman–Crippen LogP) is 8.10. The molecular weight excluding hydrogens is 982 g/mol. The maximum atomic E-state index is 14.6. The summed E-state index contributed by atoms with van der Waals surface area (Å²) in [5, 5.41) is 51.6. The Morgan fingerprint density at radius 3 is 2.27 bits per heavy atom. The van der Waals surface area contributed by atoms with Crippen LogP contribution in [-0.4, -0.2) is 100.0 Å². The number of unbranched alkanes of at least 4 members (excludes halogenated alkanes) is 2. The van der Waals surface area contributed by atoms with Crippen LogP contribution < -0.4 is 29.6 Å². The smallest absolute Gasteiger partial charge is 0.506 e. The van der Waals surface area contributed by atoms with Gasteiger partial charge in [0.1, 0.15) is 48.4 Å². The van der Waals surface area contributed by atoms with Crippen LogP contribution in [0.25, 0.3) is 5.57 Å². The highest BCUT2D eigenvalue weighted by atomic mass is 32.2. The van der Waals surface area contributed by atoms with Gasteiger partial charge < -0.3 is 39.4 Å². The molecule has 0 bridgehead atoms. The quantitative estimate of drug-likeness (QED) is 0.00561. The van der Waals surface area contributed by atoms with Crippen LogP contribution in [0.4, 0.5) is 26.2 Å². The third-order valence-corrected chi connectivity index (χ3v) is 12.5. The van der Waals surface area contributed by atoms with E-state index in [-0.39, 0.29) is 76.5 Å². The van der Waals surface area contributed by atoms with Gasteiger partial charge in [-0.05, 0) is 81.6 Å². The van der Waals surface area contributed by atoms with Crippen molar-refractivity contribution in [2.45, 2.75) is 64.0 Å². The number of allylic oxidation sites excluding steroid dienone is 3. The first-order chi connectivity index (χ1) is 34.9. The molecule has 1 heterocycles. The molecule has 22 nitrogen and oxygen atoms in total. The summed E-state index contributed by atoms with van der Waals surface area (Å²) >= 11 is 0.536.